The van der Waals surface area contributed by atoms with Gasteiger partial charge in [0, 0.05) is 45.0 Å². The Bertz CT molecular complexity index is 812. The Kier molecular flexibility index (Phi) is 5.82. The Morgan fingerprint density at radius 1 is 1.00 bits per heavy atom. The molecular weight excluding hydrogens is 383 g/mol. The van der Waals surface area contributed by atoms with Gasteiger partial charge in [-0.3, -0.25) is 0 Å². The van der Waals surface area contributed by atoms with Crippen LogP contribution in [-0.2, 0) is 4.74 Å². The summed E-state index contributed by atoms with van der Waals surface area (Å²) in [6, 6.07) is 10.0. The van der Waals surface area contributed by atoms with Crippen LogP contribution in [0.15, 0.2) is 36.4 Å². The highest BCUT2D eigenvalue weighted by atomic mass is 19.1. The van der Waals surface area contributed by atoms with Crippen LogP contribution in [0.5, 0.6) is 11.6 Å². The number of likely N-dealkylation sites (tertiary alicyclic amines) is 1. The molecule has 3 aliphatic rings. The second-order valence-corrected chi connectivity index (χ2v) is 8.92. The molecule has 0 radical (unpaired) electrons. The van der Waals surface area contributed by atoms with Gasteiger partial charge in [0.05, 0.1) is 0 Å². The number of nitrogens with one attached hydrogen (secondary N) is 1. The minimum absolute atomic E-state index is 0.291. The number of aromatic nitrogens is 2. The minimum Gasteiger partial charge on any atom is -0.438 e. The SMILES string of the molecule is Fc1ccc(Oc2ccc(N[C@H]3C[C@@H]4CN(CC5CCOCC5)C[C@@H]4C3)nn2)cc1. The van der Waals surface area contributed by atoms with Crippen molar-refractivity contribution in [3.8, 4) is 11.6 Å². The summed E-state index contributed by atoms with van der Waals surface area (Å²) in [4.78, 5) is 2.68. The van der Waals surface area contributed by atoms with Crippen molar-refractivity contribution < 1.29 is 13.9 Å². The molecule has 0 bridgehead atoms. The lowest BCUT2D eigenvalue weighted by Gasteiger charge is -2.27. The molecule has 2 aromatic rings. The summed E-state index contributed by atoms with van der Waals surface area (Å²) in [5, 5.41) is 12.0. The van der Waals surface area contributed by atoms with Crippen molar-refractivity contribution in [2.24, 2.45) is 17.8 Å². The molecule has 3 heterocycles. The van der Waals surface area contributed by atoms with Gasteiger partial charge < -0.3 is 19.7 Å². The van der Waals surface area contributed by atoms with Gasteiger partial charge >= 0.3 is 0 Å². The predicted molar refractivity (Wildman–Crippen MR) is 112 cm³/mol. The number of halogens is 1. The molecule has 0 unspecified atom stereocenters. The molecule has 6 nitrogen and oxygen atoms in total. The lowest BCUT2D eigenvalue weighted by atomic mass is 10.00. The van der Waals surface area contributed by atoms with Gasteiger partial charge in [-0.2, -0.15) is 0 Å². The summed E-state index contributed by atoms with van der Waals surface area (Å²) in [5.74, 6) is 3.83. The molecule has 1 aliphatic carbocycles. The van der Waals surface area contributed by atoms with Crippen molar-refractivity contribution in [3.63, 3.8) is 0 Å². The topological polar surface area (TPSA) is 59.5 Å². The average Bonchev–Trinajstić information content (AvgIpc) is 3.30. The summed E-state index contributed by atoms with van der Waals surface area (Å²) in [5.41, 5.74) is 0. The zero-order valence-electron chi connectivity index (χ0n) is 17.2. The van der Waals surface area contributed by atoms with Crippen molar-refractivity contribution in [3.05, 3.63) is 42.2 Å². The Balaban J connectivity index is 1.09. The molecule has 30 heavy (non-hydrogen) atoms. The van der Waals surface area contributed by atoms with E-state index in [4.69, 9.17) is 9.47 Å². The van der Waals surface area contributed by atoms with Gasteiger partial charge in [-0.15, -0.1) is 10.2 Å². The lowest BCUT2D eigenvalue weighted by molar-refractivity contribution is 0.0545. The lowest BCUT2D eigenvalue weighted by Crippen LogP contribution is -2.32. The van der Waals surface area contributed by atoms with E-state index in [9.17, 15) is 4.39 Å². The van der Waals surface area contributed by atoms with Gasteiger partial charge in [-0.05, 0) is 73.8 Å². The monoisotopic (exact) mass is 412 g/mol. The maximum Gasteiger partial charge on any atom is 0.238 e. The molecule has 2 aliphatic heterocycles. The normalized spacial score (nSPS) is 27.2. The summed E-state index contributed by atoms with van der Waals surface area (Å²) in [6.07, 6.45) is 4.83. The van der Waals surface area contributed by atoms with E-state index in [0.29, 0.717) is 17.7 Å². The molecule has 3 atom stereocenters. The fraction of sp³-hybridized carbons (Fsp3) is 0.565. The van der Waals surface area contributed by atoms with Crippen molar-refractivity contribution in [2.75, 3.05) is 38.2 Å². The molecule has 0 spiro atoms. The summed E-state index contributed by atoms with van der Waals surface area (Å²) in [6.45, 7) is 5.58. The molecule has 3 fully saturated rings. The summed E-state index contributed by atoms with van der Waals surface area (Å²) < 4.78 is 24.1. The van der Waals surface area contributed by atoms with E-state index in [2.05, 4.69) is 20.4 Å². The number of fused-ring (bicyclic) bond motifs is 1. The van der Waals surface area contributed by atoms with Crippen LogP contribution in [0.1, 0.15) is 25.7 Å². The third-order valence-corrected chi connectivity index (χ3v) is 6.71. The molecule has 5 rings (SSSR count). The second-order valence-electron chi connectivity index (χ2n) is 8.92. The zero-order chi connectivity index (χ0) is 20.3. The molecular formula is C23H29FN4O2. The Hall–Kier alpha value is -2.25. The maximum absolute atomic E-state index is 13.0. The fourth-order valence-corrected chi connectivity index (χ4v) is 5.24. The first-order valence-corrected chi connectivity index (χ1v) is 11.0. The first-order valence-electron chi connectivity index (χ1n) is 11.0. The standard InChI is InChI=1S/C23H29FN4O2/c24-19-1-3-21(4-2-19)30-23-6-5-22(26-27-23)25-20-11-17-14-28(15-18(17)12-20)13-16-7-9-29-10-8-16/h1-6,16-18,20H,7-15H2,(H,25,26)/t17-,18+,20+. The number of nitrogens with zero attached hydrogens (tertiary/aromatic N) is 3. The predicted octanol–water partition coefficient (Wildman–Crippen LogP) is 3.96. The Labute approximate surface area is 176 Å². The van der Waals surface area contributed by atoms with Crippen LogP contribution in [-0.4, -0.2) is 54.0 Å². The number of anilines is 1. The van der Waals surface area contributed by atoms with Gasteiger partial charge in [-0.25, -0.2) is 4.39 Å². The molecule has 2 saturated heterocycles. The minimum atomic E-state index is -0.291. The summed E-state index contributed by atoms with van der Waals surface area (Å²) >= 11 is 0. The smallest absolute Gasteiger partial charge is 0.238 e. The van der Waals surface area contributed by atoms with Gasteiger partial charge in [0.25, 0.3) is 0 Å². The molecule has 1 N–H and O–H groups in total. The van der Waals surface area contributed by atoms with Crippen LogP contribution in [0, 0.1) is 23.6 Å². The van der Waals surface area contributed by atoms with E-state index in [1.54, 1.807) is 18.2 Å². The summed E-state index contributed by atoms with van der Waals surface area (Å²) in [7, 11) is 0. The quantitative estimate of drug-likeness (QED) is 0.775. The maximum atomic E-state index is 13.0. The van der Waals surface area contributed by atoms with Crippen molar-refractivity contribution in [1.29, 1.82) is 0 Å². The first kappa shape index (κ1) is 19.7. The van der Waals surface area contributed by atoms with Crippen LogP contribution in [0.3, 0.4) is 0 Å². The Morgan fingerprint density at radius 2 is 1.73 bits per heavy atom. The molecule has 1 aromatic heterocycles. The van der Waals surface area contributed by atoms with E-state index in [0.717, 1.165) is 36.8 Å². The number of hydrogen-bond donors (Lipinski definition) is 1. The average molecular weight is 413 g/mol. The van der Waals surface area contributed by atoms with E-state index in [1.165, 1.54) is 57.5 Å². The van der Waals surface area contributed by atoms with E-state index < -0.39 is 0 Å². The highest BCUT2D eigenvalue weighted by Crippen LogP contribution is 2.39. The van der Waals surface area contributed by atoms with Crippen LogP contribution < -0.4 is 10.1 Å². The van der Waals surface area contributed by atoms with Gasteiger partial charge in [0.1, 0.15) is 17.4 Å². The van der Waals surface area contributed by atoms with Gasteiger partial charge in [0.2, 0.25) is 5.88 Å². The van der Waals surface area contributed by atoms with Gasteiger partial charge in [-0.1, -0.05) is 0 Å². The van der Waals surface area contributed by atoms with Crippen molar-refractivity contribution in [1.82, 2.24) is 15.1 Å². The fourth-order valence-electron chi connectivity index (χ4n) is 5.24. The largest absolute Gasteiger partial charge is 0.438 e. The Morgan fingerprint density at radius 3 is 2.40 bits per heavy atom. The van der Waals surface area contributed by atoms with E-state index in [-0.39, 0.29) is 5.82 Å². The number of benzene rings is 1. The molecule has 7 heteroatoms. The number of ether oxygens (including phenoxy) is 2. The van der Waals surface area contributed by atoms with Crippen LogP contribution in [0.2, 0.25) is 0 Å². The first-order chi connectivity index (χ1) is 14.7. The van der Waals surface area contributed by atoms with Crippen LogP contribution in [0.25, 0.3) is 0 Å². The van der Waals surface area contributed by atoms with E-state index in [1.807, 2.05) is 6.07 Å². The number of hydrogen-bond acceptors (Lipinski definition) is 6. The van der Waals surface area contributed by atoms with Crippen LogP contribution in [0.4, 0.5) is 10.2 Å². The third kappa shape index (κ3) is 4.73. The second kappa shape index (κ2) is 8.86. The highest BCUT2D eigenvalue weighted by molar-refractivity contribution is 5.37. The molecule has 160 valence electrons. The molecule has 1 saturated carbocycles. The van der Waals surface area contributed by atoms with Crippen molar-refractivity contribution in [2.45, 2.75) is 31.7 Å². The van der Waals surface area contributed by atoms with Gasteiger partial charge in [0.15, 0.2) is 0 Å². The van der Waals surface area contributed by atoms with Crippen molar-refractivity contribution >= 4 is 5.82 Å². The molecule has 0 amide bonds. The zero-order valence-corrected chi connectivity index (χ0v) is 17.2. The highest BCUT2D eigenvalue weighted by Gasteiger charge is 2.41. The number of rotatable bonds is 6. The van der Waals surface area contributed by atoms with Crippen LogP contribution >= 0.6 is 0 Å². The third-order valence-electron chi connectivity index (χ3n) is 6.71. The molecule has 1 aromatic carbocycles. The van der Waals surface area contributed by atoms with E-state index >= 15 is 0 Å².